The predicted octanol–water partition coefficient (Wildman–Crippen LogP) is 2.74. The molecule has 0 fully saturated rings. The van der Waals surface area contributed by atoms with Gasteiger partial charge >= 0.3 is 0 Å². The van der Waals surface area contributed by atoms with Gasteiger partial charge in [0.15, 0.2) is 0 Å². The van der Waals surface area contributed by atoms with Crippen molar-refractivity contribution in [3.63, 3.8) is 0 Å². The Morgan fingerprint density at radius 1 is 1.44 bits per heavy atom. The number of benzene rings is 1. The number of aryl methyl sites for hydroxylation is 1. The Bertz CT molecular complexity index is 562. The van der Waals surface area contributed by atoms with E-state index < -0.39 is 0 Å². The molecule has 2 rings (SSSR count). The first kappa shape index (κ1) is 13.1. The van der Waals surface area contributed by atoms with Crippen molar-refractivity contribution in [1.29, 1.82) is 0 Å². The molecule has 1 aromatic heterocycles. The molecule has 0 spiro atoms. The minimum atomic E-state index is -0.261. The molecule has 96 valence electrons. The standard InChI is InChI=1S/C14H18N2OS/c1-9-11-5-3-4-6-12(11)18-14(9)10(2)16-8-7-13(15)17/h3-6,10,16H,7-8H2,1-2H3,(H2,15,17). The Hall–Kier alpha value is -1.39. The van der Waals surface area contributed by atoms with Crippen molar-refractivity contribution >= 4 is 27.3 Å². The number of amides is 1. The van der Waals surface area contributed by atoms with Crippen LogP contribution < -0.4 is 11.1 Å². The van der Waals surface area contributed by atoms with Crippen molar-refractivity contribution in [2.75, 3.05) is 6.54 Å². The lowest BCUT2D eigenvalue weighted by atomic mass is 10.1. The average molecular weight is 262 g/mol. The highest BCUT2D eigenvalue weighted by Gasteiger charge is 2.13. The lowest BCUT2D eigenvalue weighted by Gasteiger charge is -2.12. The molecule has 1 aromatic carbocycles. The van der Waals surface area contributed by atoms with Gasteiger partial charge in [-0.25, -0.2) is 0 Å². The summed E-state index contributed by atoms with van der Waals surface area (Å²) in [6.45, 7) is 4.91. The Labute approximate surface area is 111 Å². The smallest absolute Gasteiger partial charge is 0.218 e. The van der Waals surface area contributed by atoms with Gasteiger partial charge in [0, 0.05) is 28.6 Å². The van der Waals surface area contributed by atoms with E-state index in [1.807, 2.05) is 11.3 Å². The third-order valence-electron chi connectivity index (χ3n) is 3.10. The maximum absolute atomic E-state index is 10.7. The van der Waals surface area contributed by atoms with Crippen LogP contribution in [0.3, 0.4) is 0 Å². The molecule has 1 unspecified atom stereocenters. The Morgan fingerprint density at radius 3 is 2.83 bits per heavy atom. The molecule has 3 nitrogen and oxygen atoms in total. The SMILES string of the molecule is Cc1c(C(C)NCCC(N)=O)sc2ccccc12. The number of fused-ring (bicyclic) bond motifs is 1. The summed E-state index contributed by atoms with van der Waals surface area (Å²) in [7, 11) is 0. The summed E-state index contributed by atoms with van der Waals surface area (Å²) in [5, 5.41) is 4.66. The highest BCUT2D eigenvalue weighted by atomic mass is 32.1. The molecule has 0 aliphatic rings. The van der Waals surface area contributed by atoms with Gasteiger partial charge < -0.3 is 11.1 Å². The van der Waals surface area contributed by atoms with E-state index in [-0.39, 0.29) is 11.9 Å². The van der Waals surface area contributed by atoms with Crippen LogP contribution in [0.1, 0.15) is 29.8 Å². The van der Waals surface area contributed by atoms with E-state index in [1.165, 1.54) is 20.5 Å². The largest absolute Gasteiger partial charge is 0.370 e. The molecular formula is C14H18N2OS. The lowest BCUT2D eigenvalue weighted by Crippen LogP contribution is -2.24. The average Bonchev–Trinajstić information content (AvgIpc) is 2.67. The van der Waals surface area contributed by atoms with Gasteiger partial charge in [-0.15, -0.1) is 11.3 Å². The number of hydrogen-bond acceptors (Lipinski definition) is 3. The molecule has 0 radical (unpaired) electrons. The number of primary amides is 1. The van der Waals surface area contributed by atoms with Crippen LogP contribution >= 0.6 is 11.3 Å². The minimum Gasteiger partial charge on any atom is -0.370 e. The Kier molecular flexibility index (Phi) is 3.99. The normalized spacial score (nSPS) is 12.8. The summed E-state index contributed by atoms with van der Waals surface area (Å²) >= 11 is 1.81. The van der Waals surface area contributed by atoms with E-state index in [0.717, 1.165) is 0 Å². The summed E-state index contributed by atoms with van der Waals surface area (Å²) in [6, 6.07) is 8.68. The lowest BCUT2D eigenvalue weighted by molar-refractivity contribution is -0.117. The van der Waals surface area contributed by atoms with Crippen molar-refractivity contribution in [2.24, 2.45) is 5.73 Å². The summed E-state index contributed by atoms with van der Waals surface area (Å²) in [5.74, 6) is -0.261. The van der Waals surface area contributed by atoms with Crippen molar-refractivity contribution in [1.82, 2.24) is 5.32 Å². The van der Waals surface area contributed by atoms with E-state index in [1.54, 1.807) is 0 Å². The highest BCUT2D eigenvalue weighted by molar-refractivity contribution is 7.19. The topological polar surface area (TPSA) is 55.1 Å². The number of nitrogens with two attached hydrogens (primary N) is 1. The molecular weight excluding hydrogens is 244 g/mol. The fourth-order valence-electron chi connectivity index (χ4n) is 2.11. The second kappa shape index (κ2) is 5.50. The molecule has 2 aromatic rings. The zero-order chi connectivity index (χ0) is 13.1. The summed E-state index contributed by atoms with van der Waals surface area (Å²) in [5.41, 5.74) is 6.46. The van der Waals surface area contributed by atoms with E-state index >= 15 is 0 Å². The van der Waals surface area contributed by atoms with Crippen LogP contribution in [0, 0.1) is 6.92 Å². The highest BCUT2D eigenvalue weighted by Crippen LogP contribution is 2.34. The zero-order valence-electron chi connectivity index (χ0n) is 10.7. The number of carbonyl (C=O) groups excluding carboxylic acids is 1. The third-order valence-corrected chi connectivity index (χ3v) is 4.55. The van der Waals surface area contributed by atoms with Crippen molar-refractivity contribution in [3.8, 4) is 0 Å². The van der Waals surface area contributed by atoms with Crippen LogP contribution in [0.2, 0.25) is 0 Å². The van der Waals surface area contributed by atoms with E-state index in [9.17, 15) is 4.79 Å². The molecule has 0 bridgehead atoms. The van der Waals surface area contributed by atoms with Crippen molar-refractivity contribution < 1.29 is 4.79 Å². The monoisotopic (exact) mass is 262 g/mol. The second-order valence-electron chi connectivity index (χ2n) is 4.48. The van der Waals surface area contributed by atoms with Crippen LogP contribution in [0.15, 0.2) is 24.3 Å². The molecule has 4 heteroatoms. The molecule has 0 aliphatic heterocycles. The van der Waals surface area contributed by atoms with Crippen LogP contribution in [0.5, 0.6) is 0 Å². The van der Waals surface area contributed by atoms with Crippen LogP contribution in [0.4, 0.5) is 0 Å². The molecule has 0 saturated heterocycles. The van der Waals surface area contributed by atoms with Gasteiger partial charge in [0.05, 0.1) is 0 Å². The van der Waals surface area contributed by atoms with Gasteiger partial charge in [-0.3, -0.25) is 4.79 Å². The number of thiophene rings is 1. The van der Waals surface area contributed by atoms with E-state index in [0.29, 0.717) is 13.0 Å². The fourth-order valence-corrected chi connectivity index (χ4v) is 3.35. The molecule has 0 aliphatic carbocycles. The molecule has 1 atom stereocenters. The number of carbonyl (C=O) groups is 1. The summed E-state index contributed by atoms with van der Waals surface area (Å²) < 4.78 is 1.31. The second-order valence-corrected chi connectivity index (χ2v) is 5.56. The first-order valence-corrected chi connectivity index (χ1v) is 6.91. The van der Waals surface area contributed by atoms with Gasteiger partial charge in [-0.1, -0.05) is 18.2 Å². The van der Waals surface area contributed by atoms with Gasteiger partial charge in [0.25, 0.3) is 0 Å². The van der Waals surface area contributed by atoms with Crippen molar-refractivity contribution in [3.05, 3.63) is 34.7 Å². The molecule has 0 saturated carbocycles. The number of rotatable bonds is 5. The first-order chi connectivity index (χ1) is 8.59. The van der Waals surface area contributed by atoms with Gasteiger partial charge in [-0.05, 0) is 30.9 Å². The first-order valence-electron chi connectivity index (χ1n) is 6.09. The Balaban J connectivity index is 2.15. The molecule has 18 heavy (non-hydrogen) atoms. The van der Waals surface area contributed by atoms with Crippen molar-refractivity contribution in [2.45, 2.75) is 26.3 Å². The number of hydrogen-bond donors (Lipinski definition) is 2. The number of nitrogens with one attached hydrogen (secondary N) is 1. The van der Waals surface area contributed by atoms with Gasteiger partial charge in [0.2, 0.25) is 5.91 Å². The minimum absolute atomic E-state index is 0.252. The van der Waals surface area contributed by atoms with E-state index in [4.69, 9.17) is 5.73 Å². The quantitative estimate of drug-likeness (QED) is 0.870. The molecule has 1 amide bonds. The van der Waals surface area contributed by atoms with Gasteiger partial charge in [-0.2, -0.15) is 0 Å². The summed E-state index contributed by atoms with van der Waals surface area (Å²) in [4.78, 5) is 12.0. The fraction of sp³-hybridized carbons (Fsp3) is 0.357. The Morgan fingerprint density at radius 2 is 2.17 bits per heavy atom. The maximum Gasteiger partial charge on any atom is 0.218 e. The van der Waals surface area contributed by atoms with Crippen LogP contribution in [-0.4, -0.2) is 12.5 Å². The zero-order valence-corrected chi connectivity index (χ0v) is 11.5. The van der Waals surface area contributed by atoms with E-state index in [2.05, 4.69) is 43.4 Å². The van der Waals surface area contributed by atoms with Crippen LogP contribution in [-0.2, 0) is 4.79 Å². The molecule has 1 heterocycles. The maximum atomic E-state index is 10.7. The van der Waals surface area contributed by atoms with Crippen LogP contribution in [0.25, 0.3) is 10.1 Å². The van der Waals surface area contributed by atoms with Gasteiger partial charge in [0.1, 0.15) is 0 Å². The third kappa shape index (κ3) is 2.71. The summed E-state index contributed by atoms with van der Waals surface area (Å²) in [6.07, 6.45) is 0.383. The molecule has 3 N–H and O–H groups in total. The predicted molar refractivity (Wildman–Crippen MR) is 76.8 cm³/mol.